The average Bonchev–Trinajstić information content (AvgIpc) is 2.79. The van der Waals surface area contributed by atoms with Gasteiger partial charge in [-0.3, -0.25) is 0 Å². The molecule has 0 aromatic carbocycles. The molecule has 2 aliphatic rings. The standard InChI is InChI=1S/C13H22N2O4/c1-9-5-7-15(11(9)12(17)18)13(19)14-6-3-2-4-10(14)8-16/h9-11,16H,2-8H2,1H3,(H,17,18). The van der Waals surface area contributed by atoms with Gasteiger partial charge in [0.1, 0.15) is 6.04 Å². The Hall–Kier alpha value is -1.30. The lowest BCUT2D eigenvalue weighted by Crippen LogP contribution is -2.54. The van der Waals surface area contributed by atoms with Crippen molar-refractivity contribution in [2.75, 3.05) is 19.7 Å². The fourth-order valence-corrected chi connectivity index (χ4v) is 3.15. The van der Waals surface area contributed by atoms with Gasteiger partial charge in [0.15, 0.2) is 0 Å². The van der Waals surface area contributed by atoms with E-state index in [2.05, 4.69) is 0 Å². The highest BCUT2D eigenvalue weighted by atomic mass is 16.4. The Labute approximate surface area is 113 Å². The van der Waals surface area contributed by atoms with E-state index in [1.165, 1.54) is 4.90 Å². The van der Waals surface area contributed by atoms with Gasteiger partial charge in [-0.05, 0) is 31.6 Å². The van der Waals surface area contributed by atoms with Crippen LogP contribution in [0.25, 0.3) is 0 Å². The average molecular weight is 270 g/mol. The summed E-state index contributed by atoms with van der Waals surface area (Å²) in [5.41, 5.74) is 0. The summed E-state index contributed by atoms with van der Waals surface area (Å²) in [4.78, 5) is 26.9. The molecule has 0 aliphatic carbocycles. The molecule has 0 saturated carbocycles. The van der Waals surface area contributed by atoms with Crippen LogP contribution >= 0.6 is 0 Å². The minimum Gasteiger partial charge on any atom is -0.480 e. The lowest BCUT2D eigenvalue weighted by atomic mass is 10.0. The van der Waals surface area contributed by atoms with E-state index in [4.69, 9.17) is 0 Å². The van der Waals surface area contributed by atoms with Gasteiger partial charge in [0, 0.05) is 13.1 Å². The molecule has 108 valence electrons. The predicted octanol–water partition coefficient (Wildman–Crippen LogP) is 0.748. The molecule has 2 aliphatic heterocycles. The second-order valence-corrected chi connectivity index (χ2v) is 5.55. The number of nitrogens with zero attached hydrogens (tertiary/aromatic N) is 2. The number of rotatable bonds is 2. The minimum absolute atomic E-state index is 0.0150. The fourth-order valence-electron chi connectivity index (χ4n) is 3.15. The molecule has 0 aromatic heterocycles. The molecule has 0 bridgehead atoms. The topological polar surface area (TPSA) is 81.1 Å². The van der Waals surface area contributed by atoms with Gasteiger partial charge in [0.25, 0.3) is 0 Å². The lowest BCUT2D eigenvalue weighted by molar-refractivity contribution is -0.142. The summed E-state index contributed by atoms with van der Waals surface area (Å²) in [5.74, 6) is -0.949. The van der Waals surface area contributed by atoms with E-state index in [0.29, 0.717) is 13.1 Å². The minimum atomic E-state index is -0.934. The van der Waals surface area contributed by atoms with Gasteiger partial charge in [-0.1, -0.05) is 6.92 Å². The third kappa shape index (κ3) is 2.68. The van der Waals surface area contributed by atoms with E-state index in [0.717, 1.165) is 25.7 Å². The van der Waals surface area contributed by atoms with Gasteiger partial charge in [0.05, 0.1) is 12.6 Å². The van der Waals surface area contributed by atoms with Crippen molar-refractivity contribution < 1.29 is 19.8 Å². The van der Waals surface area contributed by atoms with Crippen LogP contribution in [0.3, 0.4) is 0 Å². The summed E-state index contributed by atoms with van der Waals surface area (Å²) in [5, 5.41) is 18.6. The Kier molecular flexibility index (Phi) is 4.29. The summed E-state index contributed by atoms with van der Waals surface area (Å²) in [7, 11) is 0. The maximum absolute atomic E-state index is 12.5. The number of hydrogen-bond acceptors (Lipinski definition) is 3. The van der Waals surface area contributed by atoms with E-state index in [1.807, 2.05) is 6.92 Å². The molecule has 0 spiro atoms. The number of urea groups is 1. The molecule has 3 atom stereocenters. The SMILES string of the molecule is CC1CCN(C(=O)N2CCCCC2CO)C1C(=O)O. The van der Waals surface area contributed by atoms with Crippen LogP contribution in [0.5, 0.6) is 0 Å². The molecule has 0 radical (unpaired) electrons. The molecule has 2 heterocycles. The van der Waals surface area contributed by atoms with Crippen molar-refractivity contribution >= 4 is 12.0 Å². The number of piperidine rings is 1. The number of amides is 2. The second kappa shape index (κ2) is 5.77. The molecule has 2 amide bonds. The van der Waals surface area contributed by atoms with E-state index in [1.54, 1.807) is 4.90 Å². The fraction of sp³-hybridized carbons (Fsp3) is 0.846. The number of aliphatic hydroxyl groups excluding tert-OH is 1. The van der Waals surface area contributed by atoms with Gasteiger partial charge in [-0.15, -0.1) is 0 Å². The van der Waals surface area contributed by atoms with Gasteiger partial charge >= 0.3 is 12.0 Å². The first-order valence-electron chi connectivity index (χ1n) is 6.97. The molecule has 0 aromatic rings. The van der Waals surface area contributed by atoms with Crippen molar-refractivity contribution in [3.05, 3.63) is 0 Å². The van der Waals surface area contributed by atoms with Crippen molar-refractivity contribution in [1.29, 1.82) is 0 Å². The zero-order valence-electron chi connectivity index (χ0n) is 11.3. The highest BCUT2D eigenvalue weighted by Gasteiger charge is 2.42. The van der Waals surface area contributed by atoms with Crippen molar-refractivity contribution in [1.82, 2.24) is 9.80 Å². The van der Waals surface area contributed by atoms with Crippen LogP contribution in [0, 0.1) is 5.92 Å². The number of aliphatic carboxylic acids is 1. The summed E-state index contributed by atoms with van der Waals surface area (Å²) < 4.78 is 0. The van der Waals surface area contributed by atoms with Crippen molar-refractivity contribution in [2.45, 2.75) is 44.7 Å². The van der Waals surface area contributed by atoms with Crippen LogP contribution < -0.4 is 0 Å². The smallest absolute Gasteiger partial charge is 0.326 e. The van der Waals surface area contributed by atoms with E-state index in [-0.39, 0.29) is 24.6 Å². The summed E-state index contributed by atoms with van der Waals surface area (Å²) in [6.45, 7) is 2.92. The third-order valence-corrected chi connectivity index (χ3v) is 4.28. The van der Waals surface area contributed by atoms with Crippen molar-refractivity contribution in [3.8, 4) is 0 Å². The largest absolute Gasteiger partial charge is 0.480 e. The third-order valence-electron chi connectivity index (χ3n) is 4.28. The first-order chi connectivity index (χ1) is 9.06. The van der Waals surface area contributed by atoms with E-state index < -0.39 is 12.0 Å². The predicted molar refractivity (Wildman–Crippen MR) is 68.7 cm³/mol. The first-order valence-corrected chi connectivity index (χ1v) is 6.97. The number of aliphatic hydroxyl groups is 1. The van der Waals surface area contributed by atoms with Crippen LogP contribution in [-0.4, -0.2) is 63.8 Å². The normalized spacial score (nSPS) is 31.6. The Bertz CT molecular complexity index is 361. The highest BCUT2D eigenvalue weighted by molar-refractivity contribution is 5.83. The Morgan fingerprint density at radius 2 is 1.89 bits per heavy atom. The van der Waals surface area contributed by atoms with Crippen LogP contribution in [-0.2, 0) is 4.79 Å². The number of likely N-dealkylation sites (tertiary alicyclic amines) is 2. The number of carboxylic acids is 1. The number of carbonyl (C=O) groups is 2. The molecule has 2 rings (SSSR count). The maximum Gasteiger partial charge on any atom is 0.326 e. The van der Waals surface area contributed by atoms with Crippen LogP contribution in [0.1, 0.15) is 32.6 Å². The molecule has 2 saturated heterocycles. The Morgan fingerprint density at radius 3 is 2.53 bits per heavy atom. The molecule has 2 fully saturated rings. The number of carbonyl (C=O) groups excluding carboxylic acids is 1. The monoisotopic (exact) mass is 270 g/mol. The summed E-state index contributed by atoms with van der Waals surface area (Å²) >= 11 is 0. The van der Waals surface area contributed by atoms with Crippen LogP contribution in [0.4, 0.5) is 4.79 Å². The molecule has 2 N–H and O–H groups in total. The molecular weight excluding hydrogens is 248 g/mol. The zero-order chi connectivity index (χ0) is 14.0. The maximum atomic E-state index is 12.5. The first kappa shape index (κ1) is 14.1. The second-order valence-electron chi connectivity index (χ2n) is 5.55. The van der Waals surface area contributed by atoms with Gasteiger partial charge in [-0.2, -0.15) is 0 Å². The Morgan fingerprint density at radius 1 is 1.16 bits per heavy atom. The number of carboxylic acid groups (broad SMARTS) is 1. The van der Waals surface area contributed by atoms with E-state index in [9.17, 15) is 19.8 Å². The quantitative estimate of drug-likeness (QED) is 0.776. The highest BCUT2D eigenvalue weighted by Crippen LogP contribution is 2.27. The summed E-state index contributed by atoms with van der Waals surface area (Å²) in [6.07, 6.45) is 3.45. The van der Waals surface area contributed by atoms with Gasteiger partial charge in [-0.25, -0.2) is 9.59 Å². The van der Waals surface area contributed by atoms with Crippen molar-refractivity contribution in [2.24, 2.45) is 5.92 Å². The van der Waals surface area contributed by atoms with Crippen molar-refractivity contribution in [3.63, 3.8) is 0 Å². The van der Waals surface area contributed by atoms with Gasteiger partial charge in [0.2, 0.25) is 0 Å². The molecule has 3 unspecified atom stereocenters. The molecular formula is C13H22N2O4. The van der Waals surface area contributed by atoms with Crippen LogP contribution in [0.2, 0.25) is 0 Å². The molecule has 19 heavy (non-hydrogen) atoms. The molecule has 6 heteroatoms. The summed E-state index contributed by atoms with van der Waals surface area (Å²) in [6, 6.07) is -1.11. The molecule has 6 nitrogen and oxygen atoms in total. The van der Waals surface area contributed by atoms with E-state index >= 15 is 0 Å². The van der Waals surface area contributed by atoms with Crippen LogP contribution in [0.15, 0.2) is 0 Å². The zero-order valence-corrected chi connectivity index (χ0v) is 11.3. The van der Waals surface area contributed by atoms with Gasteiger partial charge < -0.3 is 20.0 Å². The lowest BCUT2D eigenvalue weighted by Gasteiger charge is -2.38. The Balaban J connectivity index is 2.11. The number of hydrogen-bond donors (Lipinski definition) is 2.